The summed E-state index contributed by atoms with van der Waals surface area (Å²) in [6.45, 7) is 7.68. The van der Waals surface area contributed by atoms with Crippen LogP contribution in [0.4, 0.5) is 21.2 Å². The maximum absolute atomic E-state index is 12.5. The van der Waals surface area contributed by atoms with E-state index in [1.54, 1.807) is 25.2 Å². The molecule has 238 valence electrons. The lowest BCUT2D eigenvalue weighted by Crippen LogP contribution is -2.36. The van der Waals surface area contributed by atoms with E-state index in [-0.39, 0.29) is 25.2 Å². The molecule has 2 N–H and O–H groups in total. The van der Waals surface area contributed by atoms with Gasteiger partial charge in [-0.3, -0.25) is 9.69 Å². The van der Waals surface area contributed by atoms with Gasteiger partial charge in [-0.1, -0.05) is 24.3 Å². The normalized spacial score (nSPS) is 15.9. The molecule has 2 aliphatic rings. The maximum atomic E-state index is 12.5. The number of anilines is 2. The molecule has 3 aromatic rings. The Morgan fingerprint density at radius 1 is 1.13 bits per heavy atom. The van der Waals surface area contributed by atoms with Gasteiger partial charge < -0.3 is 34.5 Å². The number of nitrogens with zero attached hydrogens (tertiary/aromatic N) is 4. The van der Waals surface area contributed by atoms with Crippen LogP contribution in [0.3, 0.4) is 0 Å². The highest BCUT2D eigenvalue weighted by Crippen LogP contribution is 2.30. The molecule has 1 saturated heterocycles. The number of amides is 3. The first kappa shape index (κ1) is 31.5. The minimum absolute atomic E-state index is 0.0593. The Morgan fingerprint density at radius 3 is 2.78 bits per heavy atom. The third kappa shape index (κ3) is 8.60. The Kier molecular flexibility index (Phi) is 9.67. The number of hydrogen-bond donors (Lipinski definition) is 2. The van der Waals surface area contributed by atoms with E-state index >= 15 is 0 Å². The number of hydrogen-bond acceptors (Lipinski definition) is 10. The molecule has 3 amide bonds. The standard InChI is InChI=1S/C32H38N6O7/c1-32(2,3)45-30(40)37(4)15-16-42-28-10-6-9-24(34-28)22-8-5-7-21(17-22)18-33-14-13-23-19-38(31(41)44-23)26-12-11-25-29(35-26)36-27(39)20-43-25/h5-12,17,23,33H,13-16,18-20H2,1-4H3,(H,35,36,39). The molecule has 1 unspecified atom stereocenters. The van der Waals surface area contributed by atoms with Crippen molar-refractivity contribution in [3.63, 3.8) is 0 Å². The molecule has 5 rings (SSSR count). The first-order valence-corrected chi connectivity index (χ1v) is 14.8. The zero-order chi connectivity index (χ0) is 32.0. The molecule has 0 spiro atoms. The minimum atomic E-state index is -0.556. The molecule has 13 nitrogen and oxygen atoms in total. The van der Waals surface area contributed by atoms with Crippen LogP contribution in [-0.2, 0) is 20.8 Å². The maximum Gasteiger partial charge on any atom is 0.415 e. The summed E-state index contributed by atoms with van der Waals surface area (Å²) >= 11 is 0. The van der Waals surface area contributed by atoms with Crippen LogP contribution in [0.25, 0.3) is 11.3 Å². The fraction of sp³-hybridized carbons (Fsp3) is 0.406. The zero-order valence-corrected chi connectivity index (χ0v) is 25.9. The summed E-state index contributed by atoms with van der Waals surface area (Å²) < 4.78 is 22.1. The molecule has 0 radical (unpaired) electrons. The molecule has 0 bridgehead atoms. The van der Waals surface area contributed by atoms with Gasteiger partial charge in [0.1, 0.15) is 24.1 Å². The highest BCUT2D eigenvalue weighted by atomic mass is 16.6. The summed E-state index contributed by atoms with van der Waals surface area (Å²) in [4.78, 5) is 48.2. The van der Waals surface area contributed by atoms with Crippen molar-refractivity contribution in [1.29, 1.82) is 0 Å². The number of likely N-dealkylation sites (N-methyl/N-ethyl adjacent to an activating group) is 1. The average molecular weight is 619 g/mol. The first-order valence-electron chi connectivity index (χ1n) is 14.8. The minimum Gasteiger partial charge on any atom is -0.480 e. The van der Waals surface area contributed by atoms with E-state index in [1.807, 2.05) is 51.1 Å². The fourth-order valence-corrected chi connectivity index (χ4v) is 4.67. The fourth-order valence-electron chi connectivity index (χ4n) is 4.67. The van der Waals surface area contributed by atoms with Crippen molar-refractivity contribution in [3.05, 3.63) is 60.2 Å². The molecule has 0 aliphatic carbocycles. The number of benzene rings is 1. The van der Waals surface area contributed by atoms with Crippen molar-refractivity contribution in [1.82, 2.24) is 20.2 Å². The highest BCUT2D eigenvalue weighted by Gasteiger charge is 2.33. The largest absolute Gasteiger partial charge is 0.480 e. The van der Waals surface area contributed by atoms with Gasteiger partial charge in [-0.2, -0.15) is 0 Å². The lowest BCUT2D eigenvalue weighted by Gasteiger charge is -2.24. The van der Waals surface area contributed by atoms with Gasteiger partial charge in [0, 0.05) is 25.2 Å². The van der Waals surface area contributed by atoms with Gasteiger partial charge in [-0.25, -0.2) is 19.6 Å². The number of carbonyl (C=O) groups excluding carboxylic acids is 3. The van der Waals surface area contributed by atoms with Gasteiger partial charge in [-0.05, 0) is 63.6 Å². The van der Waals surface area contributed by atoms with Gasteiger partial charge >= 0.3 is 12.2 Å². The SMILES string of the molecule is CN(CCOc1cccc(-c2cccc(CNCCC3CN(c4ccc5c(n4)NC(=O)CO5)C(=O)O3)c2)n1)C(=O)OC(C)(C)C. The van der Waals surface area contributed by atoms with Crippen molar-refractivity contribution in [3.8, 4) is 22.9 Å². The highest BCUT2D eigenvalue weighted by molar-refractivity contribution is 5.95. The Balaban J connectivity index is 1.07. The first-order chi connectivity index (χ1) is 21.5. The molecular weight excluding hydrogens is 580 g/mol. The Labute approximate surface area is 261 Å². The number of ether oxygens (including phenoxy) is 4. The topological polar surface area (TPSA) is 144 Å². The van der Waals surface area contributed by atoms with Crippen molar-refractivity contribution >= 4 is 29.7 Å². The van der Waals surface area contributed by atoms with E-state index in [9.17, 15) is 14.4 Å². The summed E-state index contributed by atoms with van der Waals surface area (Å²) in [5, 5.41) is 6.07. The van der Waals surface area contributed by atoms with E-state index in [2.05, 4.69) is 26.7 Å². The van der Waals surface area contributed by atoms with E-state index in [0.29, 0.717) is 55.9 Å². The van der Waals surface area contributed by atoms with E-state index in [4.69, 9.17) is 18.9 Å². The second-order valence-electron chi connectivity index (χ2n) is 11.7. The van der Waals surface area contributed by atoms with Crippen LogP contribution in [0.1, 0.15) is 32.8 Å². The van der Waals surface area contributed by atoms with Gasteiger partial charge in [-0.15, -0.1) is 0 Å². The monoisotopic (exact) mass is 618 g/mol. The number of aromatic nitrogens is 2. The molecule has 1 aromatic carbocycles. The van der Waals surface area contributed by atoms with Crippen molar-refractivity contribution in [2.24, 2.45) is 0 Å². The van der Waals surface area contributed by atoms with E-state index in [0.717, 1.165) is 16.8 Å². The summed E-state index contributed by atoms with van der Waals surface area (Å²) in [5.41, 5.74) is 2.24. The summed E-state index contributed by atoms with van der Waals surface area (Å²) in [7, 11) is 1.67. The Morgan fingerprint density at radius 2 is 1.96 bits per heavy atom. The number of carbonyl (C=O) groups is 3. The molecule has 4 heterocycles. The molecule has 13 heteroatoms. The smallest absolute Gasteiger partial charge is 0.415 e. The molecule has 0 saturated carbocycles. The summed E-state index contributed by atoms with van der Waals surface area (Å²) in [6.07, 6.45) is -0.551. The van der Waals surface area contributed by atoms with Crippen molar-refractivity contribution < 1.29 is 33.3 Å². The molecule has 2 aromatic heterocycles. The van der Waals surface area contributed by atoms with Gasteiger partial charge in [0.15, 0.2) is 18.2 Å². The third-order valence-electron chi connectivity index (χ3n) is 6.91. The number of nitrogens with one attached hydrogen (secondary N) is 2. The summed E-state index contributed by atoms with van der Waals surface area (Å²) in [6, 6.07) is 17.0. The number of fused-ring (bicyclic) bond motifs is 1. The van der Waals surface area contributed by atoms with Crippen LogP contribution in [-0.4, -0.2) is 84.6 Å². The van der Waals surface area contributed by atoms with Crippen LogP contribution in [0.15, 0.2) is 54.6 Å². The summed E-state index contributed by atoms with van der Waals surface area (Å²) in [5.74, 6) is 1.33. The predicted molar refractivity (Wildman–Crippen MR) is 166 cm³/mol. The number of cyclic esters (lactones) is 1. The van der Waals surface area contributed by atoms with Crippen LogP contribution in [0.2, 0.25) is 0 Å². The van der Waals surface area contributed by atoms with Crippen LogP contribution in [0.5, 0.6) is 11.6 Å². The Bertz CT molecular complexity index is 1540. The van der Waals surface area contributed by atoms with Crippen LogP contribution in [0, 0.1) is 0 Å². The molecular formula is C32H38N6O7. The van der Waals surface area contributed by atoms with Crippen molar-refractivity contribution in [2.45, 2.75) is 45.4 Å². The van der Waals surface area contributed by atoms with Gasteiger partial charge in [0.2, 0.25) is 5.88 Å². The van der Waals surface area contributed by atoms with E-state index in [1.165, 1.54) is 9.80 Å². The van der Waals surface area contributed by atoms with E-state index < -0.39 is 17.8 Å². The molecule has 45 heavy (non-hydrogen) atoms. The quantitative estimate of drug-likeness (QED) is 0.300. The average Bonchev–Trinajstić information content (AvgIpc) is 3.38. The van der Waals surface area contributed by atoms with Gasteiger partial charge in [0.25, 0.3) is 5.91 Å². The zero-order valence-electron chi connectivity index (χ0n) is 25.9. The Hall–Kier alpha value is -4.91. The second-order valence-corrected chi connectivity index (χ2v) is 11.7. The number of pyridine rings is 2. The molecule has 2 aliphatic heterocycles. The lowest BCUT2D eigenvalue weighted by molar-refractivity contribution is -0.118. The molecule has 1 fully saturated rings. The lowest BCUT2D eigenvalue weighted by atomic mass is 10.1. The van der Waals surface area contributed by atoms with Crippen molar-refractivity contribution in [2.75, 3.05) is 50.1 Å². The second kappa shape index (κ2) is 13.8. The van der Waals surface area contributed by atoms with Crippen LogP contribution < -0.4 is 25.0 Å². The van der Waals surface area contributed by atoms with Gasteiger partial charge in [0.05, 0.1) is 18.8 Å². The number of rotatable bonds is 11. The third-order valence-corrected chi connectivity index (χ3v) is 6.91. The van der Waals surface area contributed by atoms with Crippen LogP contribution >= 0.6 is 0 Å². The predicted octanol–water partition coefficient (Wildman–Crippen LogP) is 4.23. The molecule has 1 atom stereocenters.